The SMILES string of the molecule is CC1CCN(CC(=O)NC(=O)NC2CCCCC2)CC1N. The van der Waals surface area contributed by atoms with Gasteiger partial charge in [-0.25, -0.2) is 4.79 Å². The monoisotopic (exact) mass is 296 g/mol. The summed E-state index contributed by atoms with van der Waals surface area (Å²) in [6.45, 7) is 3.98. The largest absolute Gasteiger partial charge is 0.335 e. The van der Waals surface area contributed by atoms with Crippen LogP contribution >= 0.6 is 0 Å². The van der Waals surface area contributed by atoms with Crippen LogP contribution < -0.4 is 16.4 Å². The summed E-state index contributed by atoms with van der Waals surface area (Å²) in [5, 5.41) is 5.32. The Morgan fingerprint density at radius 3 is 2.57 bits per heavy atom. The lowest BCUT2D eigenvalue weighted by atomic mass is 9.94. The van der Waals surface area contributed by atoms with Gasteiger partial charge in [-0.05, 0) is 31.7 Å². The molecule has 6 nitrogen and oxygen atoms in total. The first-order chi connectivity index (χ1) is 10.0. The lowest BCUT2D eigenvalue weighted by molar-refractivity contribution is -0.121. The minimum absolute atomic E-state index is 0.114. The fourth-order valence-corrected chi connectivity index (χ4v) is 3.15. The van der Waals surface area contributed by atoms with Crippen LogP contribution in [0.4, 0.5) is 4.79 Å². The fourth-order valence-electron chi connectivity index (χ4n) is 3.15. The van der Waals surface area contributed by atoms with Gasteiger partial charge < -0.3 is 11.1 Å². The second-order valence-corrected chi connectivity index (χ2v) is 6.52. The van der Waals surface area contributed by atoms with Crippen LogP contribution in [0.2, 0.25) is 0 Å². The van der Waals surface area contributed by atoms with Crippen molar-refractivity contribution >= 4 is 11.9 Å². The number of nitrogens with one attached hydrogen (secondary N) is 2. The van der Waals surface area contributed by atoms with E-state index in [1.165, 1.54) is 6.42 Å². The van der Waals surface area contributed by atoms with E-state index < -0.39 is 0 Å². The van der Waals surface area contributed by atoms with Gasteiger partial charge in [-0.15, -0.1) is 0 Å². The zero-order chi connectivity index (χ0) is 15.2. The Kier molecular flexibility index (Phi) is 5.99. The number of carbonyl (C=O) groups excluding carboxylic acids is 2. The predicted molar refractivity (Wildman–Crippen MR) is 81.7 cm³/mol. The van der Waals surface area contributed by atoms with Crippen molar-refractivity contribution in [2.75, 3.05) is 19.6 Å². The molecule has 0 spiro atoms. The summed E-state index contributed by atoms with van der Waals surface area (Å²) >= 11 is 0. The second-order valence-electron chi connectivity index (χ2n) is 6.52. The Hall–Kier alpha value is -1.14. The topological polar surface area (TPSA) is 87.5 Å². The van der Waals surface area contributed by atoms with Crippen LogP contribution in [0.3, 0.4) is 0 Å². The lowest BCUT2D eigenvalue weighted by Gasteiger charge is -2.34. The molecule has 6 heteroatoms. The number of amides is 3. The van der Waals surface area contributed by atoms with Crippen LogP contribution in [0.1, 0.15) is 45.4 Å². The van der Waals surface area contributed by atoms with Crippen LogP contribution in [0.15, 0.2) is 0 Å². The summed E-state index contributed by atoms with van der Waals surface area (Å²) in [5.41, 5.74) is 6.02. The van der Waals surface area contributed by atoms with Gasteiger partial charge in [-0.3, -0.25) is 15.0 Å². The highest BCUT2D eigenvalue weighted by atomic mass is 16.2. The van der Waals surface area contributed by atoms with Crippen LogP contribution in [0, 0.1) is 5.92 Å². The van der Waals surface area contributed by atoms with Gasteiger partial charge in [-0.2, -0.15) is 0 Å². The summed E-state index contributed by atoms with van der Waals surface area (Å²) in [7, 11) is 0. The number of piperidine rings is 1. The second kappa shape index (κ2) is 7.75. The Bertz CT molecular complexity index is 369. The zero-order valence-electron chi connectivity index (χ0n) is 12.9. The first kappa shape index (κ1) is 16.2. The molecule has 0 aromatic rings. The van der Waals surface area contributed by atoms with E-state index in [4.69, 9.17) is 5.73 Å². The molecule has 21 heavy (non-hydrogen) atoms. The molecule has 2 atom stereocenters. The van der Waals surface area contributed by atoms with Crippen LogP contribution in [-0.2, 0) is 4.79 Å². The Balaban J connectivity index is 1.67. The number of urea groups is 1. The van der Waals surface area contributed by atoms with Crippen molar-refractivity contribution in [1.29, 1.82) is 0 Å². The van der Waals surface area contributed by atoms with Crippen LogP contribution in [0.5, 0.6) is 0 Å². The minimum Gasteiger partial charge on any atom is -0.335 e. The molecule has 2 aliphatic rings. The fraction of sp³-hybridized carbons (Fsp3) is 0.867. The van der Waals surface area contributed by atoms with Gasteiger partial charge in [0.05, 0.1) is 6.54 Å². The van der Waals surface area contributed by atoms with Crippen LogP contribution in [0.25, 0.3) is 0 Å². The van der Waals surface area contributed by atoms with Crippen molar-refractivity contribution in [3.8, 4) is 0 Å². The highest BCUT2D eigenvalue weighted by Gasteiger charge is 2.25. The highest BCUT2D eigenvalue weighted by Crippen LogP contribution is 2.17. The van der Waals surface area contributed by atoms with E-state index in [0.717, 1.165) is 45.2 Å². The maximum Gasteiger partial charge on any atom is 0.321 e. The van der Waals surface area contributed by atoms with Gasteiger partial charge in [0.1, 0.15) is 0 Å². The van der Waals surface area contributed by atoms with E-state index in [1.54, 1.807) is 0 Å². The molecule has 2 unspecified atom stereocenters. The van der Waals surface area contributed by atoms with Crippen molar-refractivity contribution in [2.45, 2.75) is 57.5 Å². The van der Waals surface area contributed by atoms with E-state index in [-0.39, 0.29) is 30.6 Å². The highest BCUT2D eigenvalue weighted by molar-refractivity contribution is 5.95. The standard InChI is InChI=1S/C15H28N4O2/c1-11-7-8-19(9-13(11)16)10-14(20)18-15(21)17-12-5-3-2-4-6-12/h11-13H,2-10,16H2,1H3,(H2,17,18,20,21). The number of rotatable bonds is 3. The lowest BCUT2D eigenvalue weighted by Crippen LogP contribution is -2.52. The Labute approximate surface area is 126 Å². The average molecular weight is 296 g/mol. The van der Waals surface area contributed by atoms with Crippen LogP contribution in [-0.4, -0.2) is 48.6 Å². The molecule has 1 saturated heterocycles. The summed E-state index contributed by atoms with van der Waals surface area (Å²) < 4.78 is 0. The number of imide groups is 1. The van der Waals surface area contributed by atoms with Gasteiger partial charge in [0, 0.05) is 18.6 Å². The molecule has 2 rings (SSSR count). The first-order valence-corrected chi connectivity index (χ1v) is 8.13. The van der Waals surface area contributed by atoms with Gasteiger partial charge in [0.25, 0.3) is 0 Å². The summed E-state index contributed by atoms with van der Waals surface area (Å²) in [4.78, 5) is 25.7. The van der Waals surface area contributed by atoms with Gasteiger partial charge >= 0.3 is 6.03 Å². The molecule has 3 amide bonds. The normalized spacial score (nSPS) is 28.1. The van der Waals surface area contributed by atoms with E-state index in [9.17, 15) is 9.59 Å². The third kappa shape index (κ3) is 5.28. The van der Waals surface area contributed by atoms with E-state index in [0.29, 0.717) is 5.92 Å². The number of nitrogens with two attached hydrogens (primary N) is 1. The van der Waals surface area contributed by atoms with E-state index in [2.05, 4.69) is 17.6 Å². The van der Waals surface area contributed by atoms with Crippen molar-refractivity contribution in [1.82, 2.24) is 15.5 Å². The molecule has 120 valence electrons. The molecule has 1 saturated carbocycles. The Morgan fingerprint density at radius 2 is 1.90 bits per heavy atom. The molecule has 2 fully saturated rings. The van der Waals surface area contributed by atoms with E-state index >= 15 is 0 Å². The van der Waals surface area contributed by atoms with Gasteiger partial charge in [-0.1, -0.05) is 26.2 Å². The quantitative estimate of drug-likeness (QED) is 0.719. The van der Waals surface area contributed by atoms with Gasteiger partial charge in [0.2, 0.25) is 5.91 Å². The maximum absolute atomic E-state index is 11.9. The van der Waals surface area contributed by atoms with Crippen molar-refractivity contribution in [2.24, 2.45) is 11.7 Å². The smallest absolute Gasteiger partial charge is 0.321 e. The van der Waals surface area contributed by atoms with Crippen molar-refractivity contribution in [3.05, 3.63) is 0 Å². The molecule has 0 aromatic heterocycles. The van der Waals surface area contributed by atoms with Gasteiger partial charge in [0.15, 0.2) is 0 Å². The molecule has 0 radical (unpaired) electrons. The number of likely N-dealkylation sites (tertiary alicyclic amines) is 1. The summed E-state index contributed by atoms with van der Waals surface area (Å²) in [5.74, 6) is 0.254. The summed E-state index contributed by atoms with van der Waals surface area (Å²) in [6, 6.07) is -0.0278. The minimum atomic E-state index is -0.360. The molecular weight excluding hydrogens is 268 g/mol. The molecule has 0 aromatic carbocycles. The third-order valence-corrected chi connectivity index (χ3v) is 4.66. The first-order valence-electron chi connectivity index (χ1n) is 8.13. The third-order valence-electron chi connectivity index (χ3n) is 4.66. The van der Waals surface area contributed by atoms with E-state index in [1.807, 2.05) is 4.90 Å². The summed E-state index contributed by atoms with van der Waals surface area (Å²) in [6.07, 6.45) is 6.58. The molecular formula is C15H28N4O2. The number of nitrogens with zero attached hydrogens (tertiary/aromatic N) is 1. The molecule has 1 heterocycles. The molecule has 1 aliphatic heterocycles. The maximum atomic E-state index is 11.9. The number of hydrogen-bond donors (Lipinski definition) is 3. The molecule has 1 aliphatic carbocycles. The number of hydrogen-bond acceptors (Lipinski definition) is 4. The molecule has 0 bridgehead atoms. The Morgan fingerprint density at radius 1 is 1.19 bits per heavy atom. The zero-order valence-corrected chi connectivity index (χ0v) is 12.9. The average Bonchev–Trinajstić information content (AvgIpc) is 2.43. The predicted octanol–water partition coefficient (Wildman–Crippen LogP) is 0.814. The molecule has 4 N–H and O–H groups in total. The number of carbonyl (C=O) groups is 2. The van der Waals surface area contributed by atoms with Crippen molar-refractivity contribution < 1.29 is 9.59 Å². The van der Waals surface area contributed by atoms with Crippen molar-refractivity contribution in [3.63, 3.8) is 0 Å².